The Hall–Kier alpha value is -5.60. The zero-order valence-electron chi connectivity index (χ0n) is 38.7. The zero-order chi connectivity index (χ0) is 47.8. The number of unbranched alkanes of at least 4 members (excludes halogenated alkanes) is 2. The van der Waals surface area contributed by atoms with Gasteiger partial charge in [-0.2, -0.15) is 5.26 Å². The van der Waals surface area contributed by atoms with Crippen molar-refractivity contribution < 1.29 is 33.8 Å². The minimum Gasteiger partial charge on any atom is -0.489 e. The molecule has 1 saturated heterocycles. The zero-order valence-corrected chi connectivity index (χ0v) is 40.2. The molecule has 6 rings (SSSR count). The Balaban J connectivity index is 0.864. The molecule has 17 heteroatoms. The monoisotopic (exact) mass is 940 g/mol. The first-order chi connectivity index (χ1) is 31.4. The van der Waals surface area contributed by atoms with E-state index in [2.05, 4.69) is 65.0 Å². The highest BCUT2D eigenvalue weighted by molar-refractivity contribution is 7.13. The van der Waals surface area contributed by atoms with E-state index < -0.39 is 35.9 Å². The number of aromatic nitrogens is 2. The van der Waals surface area contributed by atoms with E-state index in [1.165, 1.54) is 16.2 Å². The summed E-state index contributed by atoms with van der Waals surface area (Å²) < 4.78 is 12.0. The van der Waals surface area contributed by atoms with Crippen LogP contribution in [0.5, 0.6) is 5.75 Å². The highest BCUT2D eigenvalue weighted by atomic mass is 35.5. The molecule has 2 aromatic heterocycles. The van der Waals surface area contributed by atoms with Gasteiger partial charge in [0, 0.05) is 72.1 Å². The number of pyridine rings is 1. The van der Waals surface area contributed by atoms with E-state index in [0.29, 0.717) is 40.7 Å². The number of rotatable bonds is 20. The third-order valence-corrected chi connectivity index (χ3v) is 13.8. The predicted molar refractivity (Wildman–Crippen MR) is 254 cm³/mol. The number of aryl methyl sites for hydroxylation is 1. The minimum atomic E-state index is -0.904. The number of carbonyl (C=O) groups excluding carboxylic acids is 4. The minimum absolute atomic E-state index is 0.0130. The largest absolute Gasteiger partial charge is 0.489 e. The van der Waals surface area contributed by atoms with Gasteiger partial charge in [-0.3, -0.25) is 24.2 Å². The van der Waals surface area contributed by atoms with Crippen LogP contribution in [0.1, 0.15) is 94.5 Å². The molecular weight excluding hydrogens is 880 g/mol. The fourth-order valence-corrected chi connectivity index (χ4v) is 10.2. The van der Waals surface area contributed by atoms with Crippen LogP contribution in [0.25, 0.3) is 10.4 Å². The van der Waals surface area contributed by atoms with Crippen LogP contribution in [0.2, 0.25) is 5.02 Å². The lowest BCUT2D eigenvalue weighted by Crippen LogP contribution is -2.74. The second-order valence-corrected chi connectivity index (χ2v) is 19.9. The summed E-state index contributed by atoms with van der Waals surface area (Å²) in [5.41, 5.74) is 5.38. The summed E-state index contributed by atoms with van der Waals surface area (Å²) >= 11 is 7.77. The average molecular weight is 942 g/mol. The summed E-state index contributed by atoms with van der Waals surface area (Å²) in [5, 5.41) is 32.3. The van der Waals surface area contributed by atoms with Crippen molar-refractivity contribution in [2.45, 2.75) is 111 Å². The van der Waals surface area contributed by atoms with Crippen molar-refractivity contribution in [1.29, 1.82) is 5.26 Å². The molecule has 3 atom stereocenters. The number of nitriles is 1. The molecule has 4 aromatic rings. The summed E-state index contributed by atoms with van der Waals surface area (Å²) in [7, 11) is 0. The number of nitrogens with one attached hydrogen (secondary N) is 4. The van der Waals surface area contributed by atoms with Gasteiger partial charge in [-0.05, 0) is 74.6 Å². The van der Waals surface area contributed by atoms with Gasteiger partial charge in [-0.1, -0.05) is 59.2 Å². The number of aliphatic hydroxyl groups excluding tert-OH is 1. The van der Waals surface area contributed by atoms with Gasteiger partial charge in [-0.25, -0.2) is 4.98 Å². The Labute approximate surface area is 396 Å². The number of anilines is 1. The SMILES string of the molecule is Cc1ncsc1-c1ccc(CNC(=O)[C@@H]2C[C@@H](O)CN2C(=O)[C@@H](NC(=O)COCCCCCNc2ccc(C(=O)NC3C(C)(C)C(Oc4ccc(C#N)c(Cl)c4)C3(C)C)cc2)C(C)C)nc1. The standard InChI is InChI=1S/C49H61ClN8O7S/c1-29(2)41(45(63)58-26-36(59)21-39(58)44(62)54-25-35-17-13-33(24-53-35)42-30(3)55-28-66-42)56-40(60)27-64-20-10-8-9-19-52-34-15-11-31(12-16-34)43(61)57-46-48(4,5)47(49(46,6)7)65-37-18-14-32(23-51)38(50)22-37/h11-18,22,24,28-29,36,39,41,46-47,52,59H,8-10,19-21,25-27H2,1-7H3,(H,54,62)(H,56,60)(H,57,61)/t36-,39+,41+,46?,47?/m1/s1. The Morgan fingerprint density at radius 1 is 1.02 bits per heavy atom. The van der Waals surface area contributed by atoms with E-state index in [0.717, 1.165) is 41.1 Å². The molecule has 3 heterocycles. The van der Waals surface area contributed by atoms with Crippen molar-refractivity contribution >= 4 is 52.3 Å². The maximum Gasteiger partial charge on any atom is 0.251 e. The maximum atomic E-state index is 13.8. The molecule has 66 heavy (non-hydrogen) atoms. The van der Waals surface area contributed by atoms with Gasteiger partial charge >= 0.3 is 0 Å². The third-order valence-electron chi connectivity index (χ3n) is 12.5. The second-order valence-electron chi connectivity index (χ2n) is 18.6. The van der Waals surface area contributed by atoms with Gasteiger partial charge in [0.05, 0.1) is 45.0 Å². The molecule has 2 aromatic carbocycles. The first-order valence-corrected chi connectivity index (χ1v) is 23.7. The van der Waals surface area contributed by atoms with Crippen molar-refractivity contribution in [2.24, 2.45) is 16.7 Å². The Morgan fingerprint density at radius 2 is 1.76 bits per heavy atom. The van der Waals surface area contributed by atoms with Crippen LogP contribution < -0.4 is 26.0 Å². The molecule has 4 amide bonds. The van der Waals surface area contributed by atoms with E-state index in [4.69, 9.17) is 21.1 Å². The molecule has 1 saturated carbocycles. The smallest absolute Gasteiger partial charge is 0.251 e. The lowest BCUT2D eigenvalue weighted by molar-refractivity contribution is -0.164. The number of β-amino-alcohol motifs (C(OH)–C–C–N with tert-alkyl or cyclic N) is 1. The van der Waals surface area contributed by atoms with E-state index >= 15 is 0 Å². The van der Waals surface area contributed by atoms with Gasteiger partial charge < -0.3 is 40.7 Å². The van der Waals surface area contributed by atoms with Gasteiger partial charge in [0.25, 0.3) is 5.91 Å². The van der Waals surface area contributed by atoms with E-state index in [1.807, 2.05) is 45.0 Å². The number of halogens is 1. The molecule has 0 spiro atoms. The number of carbonyl (C=O) groups is 4. The third kappa shape index (κ3) is 11.9. The van der Waals surface area contributed by atoms with Crippen molar-refractivity contribution in [2.75, 3.05) is 31.6 Å². The second kappa shape index (κ2) is 21.8. The summed E-state index contributed by atoms with van der Waals surface area (Å²) in [6.07, 6.45) is 3.20. The fraction of sp³-hybridized carbons (Fsp3) is 0.490. The molecule has 2 aliphatic rings. The van der Waals surface area contributed by atoms with Crippen LogP contribution in [0.4, 0.5) is 5.69 Å². The Kier molecular flexibility index (Phi) is 16.5. The topological polar surface area (TPSA) is 208 Å². The van der Waals surface area contributed by atoms with Gasteiger partial charge in [0.1, 0.15) is 36.6 Å². The molecule has 1 aliphatic carbocycles. The molecule has 352 valence electrons. The lowest BCUT2D eigenvalue weighted by atomic mass is 9.49. The summed E-state index contributed by atoms with van der Waals surface area (Å²) in [4.78, 5) is 64.5. The highest BCUT2D eigenvalue weighted by Crippen LogP contribution is 2.55. The fourth-order valence-electron chi connectivity index (χ4n) is 9.20. The van der Waals surface area contributed by atoms with Crippen molar-refractivity contribution in [3.8, 4) is 22.3 Å². The van der Waals surface area contributed by atoms with Crippen molar-refractivity contribution in [3.05, 3.63) is 93.8 Å². The first kappa shape index (κ1) is 49.8. The molecule has 0 radical (unpaired) electrons. The highest BCUT2D eigenvalue weighted by Gasteiger charge is 2.64. The number of thiazole rings is 1. The number of nitrogens with zero attached hydrogens (tertiary/aromatic N) is 4. The molecule has 0 bridgehead atoms. The molecular formula is C49H61ClN8O7S. The summed E-state index contributed by atoms with van der Waals surface area (Å²) in [5.74, 6) is -1.13. The van der Waals surface area contributed by atoms with Crippen LogP contribution in [-0.2, 0) is 25.7 Å². The summed E-state index contributed by atoms with van der Waals surface area (Å²) in [6.45, 7) is 14.8. The number of amides is 4. The number of aliphatic hydroxyl groups is 1. The lowest BCUT2D eigenvalue weighted by Gasteiger charge is -2.63. The predicted octanol–water partition coefficient (Wildman–Crippen LogP) is 6.67. The number of likely N-dealkylation sites (tertiary alicyclic amines) is 1. The van der Waals surface area contributed by atoms with Crippen LogP contribution in [0, 0.1) is 35.0 Å². The van der Waals surface area contributed by atoms with Crippen LogP contribution in [0.3, 0.4) is 0 Å². The van der Waals surface area contributed by atoms with E-state index in [9.17, 15) is 29.5 Å². The van der Waals surface area contributed by atoms with Gasteiger partial charge in [-0.15, -0.1) is 11.3 Å². The Morgan fingerprint density at radius 3 is 2.39 bits per heavy atom. The number of ether oxygens (including phenoxy) is 2. The molecule has 15 nitrogen and oxygen atoms in total. The summed E-state index contributed by atoms with van der Waals surface area (Å²) in [6, 6.07) is 16.3. The molecule has 1 aliphatic heterocycles. The maximum absolute atomic E-state index is 13.8. The normalized spacial score (nSPS) is 19.9. The molecule has 2 fully saturated rings. The average Bonchev–Trinajstić information content (AvgIpc) is 3.91. The van der Waals surface area contributed by atoms with E-state index in [1.54, 1.807) is 42.0 Å². The van der Waals surface area contributed by atoms with Crippen LogP contribution in [-0.4, -0.2) is 100 Å². The van der Waals surface area contributed by atoms with Crippen molar-refractivity contribution in [1.82, 2.24) is 30.8 Å². The first-order valence-electron chi connectivity index (χ1n) is 22.4. The number of hydrogen-bond donors (Lipinski definition) is 5. The number of benzene rings is 2. The van der Waals surface area contributed by atoms with Gasteiger partial charge in [0.2, 0.25) is 17.7 Å². The van der Waals surface area contributed by atoms with Crippen LogP contribution in [0.15, 0.2) is 66.3 Å². The number of hydrogen-bond acceptors (Lipinski definition) is 12. The molecule has 0 unspecified atom stereocenters. The van der Waals surface area contributed by atoms with E-state index in [-0.39, 0.29) is 60.9 Å². The van der Waals surface area contributed by atoms with Crippen LogP contribution >= 0.6 is 22.9 Å². The van der Waals surface area contributed by atoms with Crippen molar-refractivity contribution in [3.63, 3.8) is 0 Å². The quantitative estimate of drug-likeness (QED) is 0.0592. The Bertz CT molecular complexity index is 2370. The van der Waals surface area contributed by atoms with Gasteiger partial charge in [0.15, 0.2) is 0 Å². The molecule has 5 N–H and O–H groups in total.